The van der Waals surface area contributed by atoms with Crippen molar-refractivity contribution < 1.29 is 14.6 Å². The summed E-state index contributed by atoms with van der Waals surface area (Å²) in [5, 5.41) is 13.9. The number of phenolic OH excluding ortho intramolecular Hbond substituents is 1. The van der Waals surface area contributed by atoms with E-state index in [9.17, 15) is 9.90 Å². The Bertz CT molecular complexity index is 750. The molecule has 0 aliphatic rings. The molecule has 0 saturated carbocycles. The SMILES string of the molecule is CCOc1ccc(Br)cc1/C=N/NC(=O)c1cc(Cl)ccc1O. The van der Waals surface area contributed by atoms with Crippen LogP contribution in [0.3, 0.4) is 0 Å². The minimum atomic E-state index is -0.561. The third kappa shape index (κ3) is 4.71. The zero-order chi connectivity index (χ0) is 16.8. The molecule has 5 nitrogen and oxygen atoms in total. The maximum absolute atomic E-state index is 12.0. The van der Waals surface area contributed by atoms with E-state index < -0.39 is 5.91 Å². The molecule has 1 amide bonds. The van der Waals surface area contributed by atoms with Gasteiger partial charge in [0, 0.05) is 15.1 Å². The molecule has 2 rings (SSSR count). The van der Waals surface area contributed by atoms with Gasteiger partial charge < -0.3 is 9.84 Å². The summed E-state index contributed by atoms with van der Waals surface area (Å²) in [4.78, 5) is 12.0. The fraction of sp³-hybridized carbons (Fsp3) is 0.125. The van der Waals surface area contributed by atoms with Crippen LogP contribution in [-0.2, 0) is 0 Å². The van der Waals surface area contributed by atoms with Crippen molar-refractivity contribution in [3.05, 3.63) is 57.0 Å². The quantitative estimate of drug-likeness (QED) is 0.592. The lowest BCUT2D eigenvalue weighted by Gasteiger charge is -2.07. The lowest BCUT2D eigenvalue weighted by Crippen LogP contribution is -2.17. The number of hydrazone groups is 1. The Balaban J connectivity index is 2.14. The van der Waals surface area contributed by atoms with Crippen LogP contribution in [0.15, 0.2) is 46.0 Å². The molecule has 0 saturated heterocycles. The summed E-state index contributed by atoms with van der Waals surface area (Å²) in [5.41, 5.74) is 3.10. The van der Waals surface area contributed by atoms with E-state index in [4.69, 9.17) is 16.3 Å². The third-order valence-corrected chi connectivity index (χ3v) is 3.57. The molecule has 23 heavy (non-hydrogen) atoms. The molecule has 7 heteroatoms. The van der Waals surface area contributed by atoms with E-state index in [2.05, 4.69) is 26.5 Å². The molecule has 0 unspecified atom stereocenters. The Labute approximate surface area is 147 Å². The molecule has 0 bridgehead atoms. The van der Waals surface area contributed by atoms with E-state index in [1.165, 1.54) is 24.4 Å². The second kappa shape index (κ2) is 7.99. The first-order chi connectivity index (χ1) is 11.0. The first-order valence-corrected chi connectivity index (χ1v) is 7.92. The minimum absolute atomic E-state index is 0.0499. The largest absolute Gasteiger partial charge is 0.507 e. The summed E-state index contributed by atoms with van der Waals surface area (Å²) >= 11 is 9.18. The average molecular weight is 398 g/mol. The average Bonchev–Trinajstić information content (AvgIpc) is 2.52. The third-order valence-electron chi connectivity index (χ3n) is 2.84. The Morgan fingerprint density at radius 2 is 2.17 bits per heavy atom. The molecule has 0 aliphatic heterocycles. The van der Waals surface area contributed by atoms with Crippen molar-refractivity contribution in [2.75, 3.05) is 6.61 Å². The van der Waals surface area contributed by atoms with Crippen molar-refractivity contribution in [3.63, 3.8) is 0 Å². The molecule has 0 radical (unpaired) electrons. The predicted molar refractivity (Wildman–Crippen MR) is 93.5 cm³/mol. The number of halogens is 2. The molecular weight excluding hydrogens is 384 g/mol. The van der Waals surface area contributed by atoms with Crippen molar-refractivity contribution in [1.29, 1.82) is 0 Å². The van der Waals surface area contributed by atoms with E-state index in [0.29, 0.717) is 22.9 Å². The summed E-state index contributed by atoms with van der Waals surface area (Å²) in [6, 6.07) is 9.68. The molecular formula is C16H14BrClN2O3. The maximum Gasteiger partial charge on any atom is 0.275 e. The van der Waals surface area contributed by atoms with Gasteiger partial charge in [0.1, 0.15) is 11.5 Å². The second-order valence-electron chi connectivity index (χ2n) is 4.48. The lowest BCUT2D eigenvalue weighted by atomic mass is 10.2. The molecule has 0 heterocycles. The standard InChI is InChI=1S/C16H14BrClN2O3/c1-2-23-15-6-3-11(17)7-10(15)9-19-20-16(22)13-8-12(18)4-5-14(13)21/h3-9,21H,2H2,1H3,(H,20,22)/b19-9+. The number of nitrogens with one attached hydrogen (secondary N) is 1. The Kier molecular flexibility index (Phi) is 6.01. The van der Waals surface area contributed by atoms with Crippen LogP contribution in [0, 0.1) is 0 Å². The van der Waals surface area contributed by atoms with Gasteiger partial charge >= 0.3 is 0 Å². The number of rotatable bonds is 5. The number of nitrogens with zero attached hydrogens (tertiary/aromatic N) is 1. The molecule has 2 aromatic carbocycles. The zero-order valence-electron chi connectivity index (χ0n) is 12.2. The van der Waals surface area contributed by atoms with Crippen LogP contribution in [0.25, 0.3) is 0 Å². The van der Waals surface area contributed by atoms with Gasteiger partial charge in [-0.1, -0.05) is 27.5 Å². The minimum Gasteiger partial charge on any atom is -0.507 e. The Hall–Kier alpha value is -2.05. The number of hydrogen-bond acceptors (Lipinski definition) is 4. The van der Waals surface area contributed by atoms with Gasteiger partial charge in [0.2, 0.25) is 0 Å². The fourth-order valence-corrected chi connectivity index (χ4v) is 2.37. The maximum atomic E-state index is 12.0. The van der Waals surface area contributed by atoms with Gasteiger partial charge in [0.15, 0.2) is 0 Å². The van der Waals surface area contributed by atoms with E-state index in [1.54, 1.807) is 6.07 Å². The molecule has 0 aromatic heterocycles. The Morgan fingerprint density at radius 3 is 2.91 bits per heavy atom. The van der Waals surface area contributed by atoms with Gasteiger partial charge in [-0.05, 0) is 43.3 Å². The molecule has 0 fully saturated rings. The van der Waals surface area contributed by atoms with Crippen LogP contribution in [0.1, 0.15) is 22.8 Å². The van der Waals surface area contributed by atoms with E-state index in [-0.39, 0.29) is 11.3 Å². The molecule has 2 N–H and O–H groups in total. The normalized spacial score (nSPS) is 10.7. The lowest BCUT2D eigenvalue weighted by molar-refractivity contribution is 0.0952. The predicted octanol–water partition coefficient (Wildman–Crippen LogP) is 3.97. The molecule has 0 atom stereocenters. The van der Waals surface area contributed by atoms with Gasteiger partial charge in [0.05, 0.1) is 18.4 Å². The summed E-state index contributed by atoms with van der Waals surface area (Å²) in [7, 11) is 0. The second-order valence-corrected chi connectivity index (χ2v) is 5.83. The number of amides is 1. The van der Waals surface area contributed by atoms with Crippen molar-refractivity contribution in [2.45, 2.75) is 6.92 Å². The van der Waals surface area contributed by atoms with Crippen LogP contribution >= 0.6 is 27.5 Å². The molecule has 0 spiro atoms. The molecule has 2 aromatic rings. The van der Waals surface area contributed by atoms with Crippen molar-refractivity contribution in [2.24, 2.45) is 5.10 Å². The van der Waals surface area contributed by atoms with Crippen LogP contribution in [0.4, 0.5) is 0 Å². The number of carbonyl (C=O) groups is 1. The monoisotopic (exact) mass is 396 g/mol. The van der Waals surface area contributed by atoms with Crippen molar-refractivity contribution in [1.82, 2.24) is 5.43 Å². The summed E-state index contributed by atoms with van der Waals surface area (Å²) in [5.74, 6) is -0.0759. The van der Waals surface area contributed by atoms with Gasteiger partial charge in [-0.3, -0.25) is 4.79 Å². The van der Waals surface area contributed by atoms with Crippen LogP contribution in [0.5, 0.6) is 11.5 Å². The van der Waals surface area contributed by atoms with Gasteiger partial charge in [-0.2, -0.15) is 5.10 Å². The highest BCUT2D eigenvalue weighted by Crippen LogP contribution is 2.22. The first kappa shape index (κ1) is 17.3. The van der Waals surface area contributed by atoms with Crippen LogP contribution in [-0.4, -0.2) is 23.8 Å². The van der Waals surface area contributed by atoms with E-state index in [0.717, 1.165) is 4.47 Å². The molecule has 0 aliphatic carbocycles. The number of benzene rings is 2. The highest BCUT2D eigenvalue weighted by atomic mass is 79.9. The highest BCUT2D eigenvalue weighted by Gasteiger charge is 2.11. The smallest absolute Gasteiger partial charge is 0.275 e. The Morgan fingerprint density at radius 1 is 1.39 bits per heavy atom. The van der Waals surface area contributed by atoms with Crippen LogP contribution in [0.2, 0.25) is 5.02 Å². The summed E-state index contributed by atoms with van der Waals surface area (Å²) in [6.45, 7) is 2.40. The highest BCUT2D eigenvalue weighted by molar-refractivity contribution is 9.10. The summed E-state index contributed by atoms with van der Waals surface area (Å²) in [6.07, 6.45) is 1.47. The summed E-state index contributed by atoms with van der Waals surface area (Å²) < 4.78 is 6.35. The van der Waals surface area contributed by atoms with E-state index >= 15 is 0 Å². The number of hydrogen-bond donors (Lipinski definition) is 2. The number of ether oxygens (including phenoxy) is 1. The first-order valence-electron chi connectivity index (χ1n) is 6.75. The number of phenols is 1. The van der Waals surface area contributed by atoms with Crippen LogP contribution < -0.4 is 10.2 Å². The fourth-order valence-electron chi connectivity index (χ4n) is 1.82. The zero-order valence-corrected chi connectivity index (χ0v) is 14.6. The van der Waals surface area contributed by atoms with Crippen molar-refractivity contribution in [3.8, 4) is 11.5 Å². The topological polar surface area (TPSA) is 70.9 Å². The molecule has 120 valence electrons. The van der Waals surface area contributed by atoms with Crippen molar-refractivity contribution >= 4 is 39.7 Å². The van der Waals surface area contributed by atoms with Gasteiger partial charge in [-0.25, -0.2) is 5.43 Å². The van der Waals surface area contributed by atoms with E-state index in [1.807, 2.05) is 19.1 Å². The number of carbonyl (C=O) groups excluding carboxylic acids is 1. The van der Waals surface area contributed by atoms with Gasteiger partial charge in [0.25, 0.3) is 5.91 Å². The number of aromatic hydroxyl groups is 1. The van der Waals surface area contributed by atoms with Gasteiger partial charge in [-0.15, -0.1) is 0 Å².